The minimum atomic E-state index is -0.351. The molecule has 3 nitrogen and oxygen atoms in total. The van der Waals surface area contributed by atoms with Crippen molar-refractivity contribution in [2.24, 2.45) is 0 Å². The van der Waals surface area contributed by atoms with Crippen LogP contribution in [0.2, 0.25) is 5.02 Å². The zero-order chi connectivity index (χ0) is 12.7. The Labute approximate surface area is 111 Å². The summed E-state index contributed by atoms with van der Waals surface area (Å²) < 4.78 is 2.07. The van der Waals surface area contributed by atoms with Gasteiger partial charge in [-0.3, -0.25) is 0 Å². The minimum absolute atomic E-state index is 0.351. The summed E-state index contributed by atoms with van der Waals surface area (Å²) in [6.07, 6.45) is 4.20. The first-order valence-electron chi connectivity index (χ1n) is 6.18. The van der Waals surface area contributed by atoms with E-state index in [-0.39, 0.29) is 6.10 Å². The quantitative estimate of drug-likeness (QED) is 0.857. The maximum Gasteiger partial charge on any atom is 0.155 e. The van der Waals surface area contributed by atoms with E-state index in [9.17, 15) is 5.11 Å². The number of nitrogens with zero attached hydrogens (tertiary/aromatic N) is 2. The van der Waals surface area contributed by atoms with Crippen LogP contribution in [0.1, 0.15) is 35.9 Å². The summed E-state index contributed by atoms with van der Waals surface area (Å²) in [5, 5.41) is 10.7. The fraction of sp³-hybridized carbons (Fsp3) is 0.357. The molecule has 0 saturated heterocycles. The highest BCUT2D eigenvalue weighted by molar-refractivity contribution is 6.32. The molecule has 2 aromatic rings. The topological polar surface area (TPSA) is 38.0 Å². The Morgan fingerprint density at radius 3 is 3.11 bits per heavy atom. The Kier molecular flexibility index (Phi) is 2.88. The van der Waals surface area contributed by atoms with Crippen LogP contribution in [0.15, 0.2) is 24.4 Å². The highest BCUT2D eigenvalue weighted by atomic mass is 35.5. The molecule has 0 aliphatic heterocycles. The van der Waals surface area contributed by atoms with E-state index in [2.05, 4.69) is 9.55 Å². The number of aliphatic hydroxyl groups excluding tert-OH is 1. The van der Waals surface area contributed by atoms with Gasteiger partial charge < -0.3 is 9.67 Å². The van der Waals surface area contributed by atoms with E-state index < -0.39 is 0 Å². The third-order valence-electron chi connectivity index (χ3n) is 3.52. The number of rotatable bonds is 1. The van der Waals surface area contributed by atoms with Gasteiger partial charge in [0.1, 0.15) is 0 Å². The van der Waals surface area contributed by atoms with Gasteiger partial charge in [0.25, 0.3) is 0 Å². The molecule has 2 heterocycles. The second kappa shape index (κ2) is 4.41. The molecule has 0 saturated carbocycles. The number of aromatic nitrogens is 2. The van der Waals surface area contributed by atoms with Gasteiger partial charge in [-0.15, -0.1) is 0 Å². The summed E-state index contributed by atoms with van der Waals surface area (Å²) in [7, 11) is 0. The molecule has 18 heavy (non-hydrogen) atoms. The summed E-state index contributed by atoms with van der Waals surface area (Å²) in [5.41, 5.74) is 3.24. The maximum absolute atomic E-state index is 10.0. The SMILES string of the molecule is Cc1cc2c(n1-c1ncccc1Cl)CCCC2O. The standard InChI is InChI=1S/C14H15ClN2O/c1-9-8-10-12(5-2-6-13(10)18)17(9)14-11(15)4-3-7-16-14/h3-4,7-8,13,18H,2,5-6H2,1H3. The Hall–Kier alpha value is -1.32. The predicted octanol–water partition coefficient (Wildman–Crippen LogP) is 3.20. The monoisotopic (exact) mass is 262 g/mol. The van der Waals surface area contributed by atoms with E-state index in [1.165, 1.54) is 0 Å². The predicted molar refractivity (Wildman–Crippen MR) is 71.2 cm³/mol. The number of aliphatic hydroxyl groups is 1. The Bertz CT molecular complexity index is 591. The van der Waals surface area contributed by atoms with Gasteiger partial charge in [0.2, 0.25) is 0 Å². The zero-order valence-corrected chi connectivity index (χ0v) is 11.0. The lowest BCUT2D eigenvalue weighted by Gasteiger charge is -2.20. The first-order valence-corrected chi connectivity index (χ1v) is 6.56. The fourth-order valence-electron chi connectivity index (χ4n) is 2.71. The first-order chi connectivity index (χ1) is 8.68. The van der Waals surface area contributed by atoms with E-state index in [1.807, 2.05) is 25.1 Å². The molecule has 0 fully saturated rings. The molecule has 3 rings (SSSR count). The van der Waals surface area contributed by atoms with Gasteiger partial charge in [-0.05, 0) is 44.4 Å². The van der Waals surface area contributed by atoms with Crippen LogP contribution in [-0.4, -0.2) is 14.7 Å². The van der Waals surface area contributed by atoms with Crippen molar-refractivity contribution in [3.63, 3.8) is 0 Å². The average molecular weight is 263 g/mol. The highest BCUT2D eigenvalue weighted by Crippen LogP contribution is 2.34. The zero-order valence-electron chi connectivity index (χ0n) is 10.2. The number of hydrogen-bond acceptors (Lipinski definition) is 2. The van der Waals surface area contributed by atoms with Gasteiger partial charge in [0.15, 0.2) is 5.82 Å². The van der Waals surface area contributed by atoms with Crippen molar-refractivity contribution >= 4 is 11.6 Å². The van der Waals surface area contributed by atoms with Crippen LogP contribution in [0.4, 0.5) is 0 Å². The molecule has 2 aromatic heterocycles. The molecule has 1 unspecified atom stereocenters. The normalized spacial score (nSPS) is 18.7. The number of aryl methyl sites for hydroxylation is 1. The van der Waals surface area contributed by atoms with E-state index >= 15 is 0 Å². The molecule has 0 bridgehead atoms. The lowest BCUT2D eigenvalue weighted by molar-refractivity contribution is 0.156. The molecule has 1 N–H and O–H groups in total. The van der Waals surface area contributed by atoms with Gasteiger partial charge in [-0.1, -0.05) is 11.6 Å². The molecule has 4 heteroatoms. The van der Waals surface area contributed by atoms with Crippen molar-refractivity contribution in [3.8, 4) is 5.82 Å². The van der Waals surface area contributed by atoms with Crippen LogP contribution in [0.5, 0.6) is 0 Å². The molecule has 0 amide bonds. The number of hydrogen-bond donors (Lipinski definition) is 1. The third kappa shape index (κ3) is 1.74. The molecule has 0 aromatic carbocycles. The number of pyridine rings is 1. The molecular weight excluding hydrogens is 248 g/mol. The van der Waals surface area contributed by atoms with Gasteiger partial charge in [0, 0.05) is 23.1 Å². The van der Waals surface area contributed by atoms with Crippen LogP contribution in [0.25, 0.3) is 5.82 Å². The summed E-state index contributed by atoms with van der Waals surface area (Å²) in [4.78, 5) is 4.36. The Morgan fingerprint density at radius 1 is 1.50 bits per heavy atom. The van der Waals surface area contributed by atoms with Crippen molar-refractivity contribution in [3.05, 3.63) is 46.4 Å². The molecule has 0 spiro atoms. The van der Waals surface area contributed by atoms with Crippen molar-refractivity contribution in [2.75, 3.05) is 0 Å². The lowest BCUT2D eigenvalue weighted by atomic mass is 9.95. The highest BCUT2D eigenvalue weighted by Gasteiger charge is 2.24. The summed E-state index contributed by atoms with van der Waals surface area (Å²) >= 11 is 6.22. The molecule has 1 aliphatic carbocycles. The van der Waals surface area contributed by atoms with Crippen LogP contribution in [0.3, 0.4) is 0 Å². The molecule has 94 valence electrons. The van der Waals surface area contributed by atoms with E-state index in [0.717, 1.165) is 42.0 Å². The third-order valence-corrected chi connectivity index (χ3v) is 3.82. The van der Waals surface area contributed by atoms with Crippen molar-refractivity contribution in [2.45, 2.75) is 32.3 Å². The Morgan fingerprint density at radius 2 is 2.33 bits per heavy atom. The van der Waals surface area contributed by atoms with Gasteiger partial charge in [-0.2, -0.15) is 0 Å². The lowest BCUT2D eigenvalue weighted by Crippen LogP contribution is -2.12. The largest absolute Gasteiger partial charge is 0.388 e. The summed E-state index contributed by atoms with van der Waals surface area (Å²) in [5.74, 6) is 0.756. The number of fused-ring (bicyclic) bond motifs is 1. The smallest absolute Gasteiger partial charge is 0.155 e. The molecule has 0 radical (unpaired) electrons. The molecule has 1 atom stereocenters. The van der Waals surface area contributed by atoms with Crippen LogP contribution in [-0.2, 0) is 6.42 Å². The minimum Gasteiger partial charge on any atom is -0.388 e. The first kappa shape index (κ1) is 11.8. The van der Waals surface area contributed by atoms with Crippen molar-refractivity contribution < 1.29 is 5.11 Å². The van der Waals surface area contributed by atoms with Gasteiger partial charge >= 0.3 is 0 Å². The molecular formula is C14H15ClN2O. The fourth-order valence-corrected chi connectivity index (χ4v) is 2.92. The van der Waals surface area contributed by atoms with Crippen LogP contribution < -0.4 is 0 Å². The summed E-state index contributed by atoms with van der Waals surface area (Å²) in [6.45, 7) is 2.02. The molecule has 1 aliphatic rings. The maximum atomic E-state index is 10.0. The second-order valence-electron chi connectivity index (χ2n) is 4.74. The summed E-state index contributed by atoms with van der Waals surface area (Å²) in [6, 6.07) is 5.71. The van der Waals surface area contributed by atoms with Gasteiger partial charge in [0.05, 0.1) is 11.1 Å². The van der Waals surface area contributed by atoms with E-state index in [0.29, 0.717) is 5.02 Å². The second-order valence-corrected chi connectivity index (χ2v) is 5.15. The van der Waals surface area contributed by atoms with Crippen molar-refractivity contribution in [1.29, 1.82) is 0 Å². The van der Waals surface area contributed by atoms with Crippen LogP contribution >= 0.6 is 11.6 Å². The van der Waals surface area contributed by atoms with E-state index in [1.54, 1.807) is 6.20 Å². The van der Waals surface area contributed by atoms with E-state index in [4.69, 9.17) is 11.6 Å². The average Bonchev–Trinajstić information content (AvgIpc) is 2.68. The van der Waals surface area contributed by atoms with Crippen molar-refractivity contribution in [1.82, 2.24) is 9.55 Å². The number of halogens is 1. The van der Waals surface area contributed by atoms with Crippen LogP contribution in [0, 0.1) is 6.92 Å². The van der Waals surface area contributed by atoms with Gasteiger partial charge in [-0.25, -0.2) is 4.98 Å². The Balaban J connectivity index is 2.22.